The number of halogens is 1. The van der Waals surface area contributed by atoms with E-state index in [1.807, 2.05) is 59.3 Å². The number of carbonyl (C=O) groups excluding carboxylic acids is 2. The van der Waals surface area contributed by atoms with Crippen LogP contribution >= 0.6 is 11.6 Å². The van der Waals surface area contributed by atoms with Crippen molar-refractivity contribution in [2.75, 3.05) is 26.6 Å². The van der Waals surface area contributed by atoms with Gasteiger partial charge in [-0.25, -0.2) is 4.79 Å². The van der Waals surface area contributed by atoms with Gasteiger partial charge in [0.2, 0.25) is 5.91 Å². The van der Waals surface area contributed by atoms with E-state index >= 15 is 0 Å². The maximum atomic E-state index is 13.3. The van der Waals surface area contributed by atoms with Gasteiger partial charge in [-0.3, -0.25) is 4.79 Å². The molecule has 0 radical (unpaired) electrons. The number of amides is 1. The first-order valence-electron chi connectivity index (χ1n) is 12.2. The molecule has 0 unspecified atom stereocenters. The molecule has 1 aliphatic rings. The number of ether oxygens (including phenoxy) is 4. The van der Waals surface area contributed by atoms with Gasteiger partial charge in [-0.15, -0.1) is 0 Å². The lowest BCUT2D eigenvalue weighted by molar-refractivity contribution is -0.120. The highest BCUT2D eigenvalue weighted by Gasteiger charge is 2.34. The molecule has 8 nitrogen and oxygen atoms in total. The van der Waals surface area contributed by atoms with Gasteiger partial charge in [0.15, 0.2) is 11.5 Å². The second-order valence-electron chi connectivity index (χ2n) is 8.92. The van der Waals surface area contributed by atoms with Gasteiger partial charge in [0.25, 0.3) is 0 Å². The van der Waals surface area contributed by atoms with Crippen LogP contribution in [-0.4, -0.2) is 37.8 Å². The highest BCUT2D eigenvalue weighted by molar-refractivity contribution is 6.30. The molecule has 1 aliphatic heterocycles. The molecule has 1 N–H and O–H groups in total. The highest BCUT2D eigenvalue weighted by Crippen LogP contribution is 2.46. The second-order valence-corrected chi connectivity index (χ2v) is 9.35. The van der Waals surface area contributed by atoms with E-state index in [2.05, 4.69) is 5.32 Å². The van der Waals surface area contributed by atoms with E-state index in [1.165, 1.54) is 7.11 Å². The summed E-state index contributed by atoms with van der Waals surface area (Å²) in [6.45, 7) is 0. The summed E-state index contributed by atoms with van der Waals surface area (Å²) in [4.78, 5) is 25.2. The lowest BCUT2D eigenvalue weighted by atomic mass is 9.98. The van der Waals surface area contributed by atoms with Crippen LogP contribution in [0.5, 0.6) is 11.5 Å². The molecule has 3 aromatic carbocycles. The summed E-state index contributed by atoms with van der Waals surface area (Å²) in [7, 11) is 4.47. The van der Waals surface area contributed by atoms with Crippen LogP contribution < -0.4 is 14.8 Å². The molecule has 0 saturated heterocycles. The molecule has 0 spiro atoms. The van der Waals surface area contributed by atoms with Crippen molar-refractivity contribution in [2.45, 2.75) is 18.6 Å². The van der Waals surface area contributed by atoms with Crippen LogP contribution in [0.25, 0.3) is 5.69 Å². The second kappa shape index (κ2) is 11.2. The maximum Gasteiger partial charge on any atom is 0.337 e. The van der Waals surface area contributed by atoms with Crippen molar-refractivity contribution in [3.8, 4) is 17.2 Å². The van der Waals surface area contributed by atoms with Crippen molar-refractivity contribution in [2.24, 2.45) is 0 Å². The number of methoxy groups -OCH3 is 3. The lowest BCUT2D eigenvalue weighted by Crippen LogP contribution is -2.19. The number of fused-ring (bicyclic) bond motifs is 3. The van der Waals surface area contributed by atoms with Gasteiger partial charge in [-0.2, -0.15) is 0 Å². The molecular formula is C30H27ClN2O6. The molecule has 1 aromatic heterocycles. The minimum Gasteiger partial charge on any atom is -0.493 e. The number of hydrogen-bond acceptors (Lipinski definition) is 6. The Morgan fingerprint density at radius 2 is 1.77 bits per heavy atom. The molecule has 0 bridgehead atoms. The number of aromatic nitrogens is 1. The monoisotopic (exact) mass is 546 g/mol. The number of rotatable bonds is 7. The lowest BCUT2D eigenvalue weighted by Gasteiger charge is -2.25. The third-order valence-corrected chi connectivity index (χ3v) is 6.83. The SMILES string of the molecule is COC(=O)c1cccc(NC(=O)C[C@@H]2O[C@@H](c3cccc(OC)c3OC)c3cc(Cl)ccc3-n3cccc32)c1. The summed E-state index contributed by atoms with van der Waals surface area (Å²) in [5.41, 5.74) is 4.06. The summed E-state index contributed by atoms with van der Waals surface area (Å²) in [5, 5.41) is 3.43. The van der Waals surface area contributed by atoms with Crippen molar-refractivity contribution in [1.82, 2.24) is 4.57 Å². The van der Waals surface area contributed by atoms with Gasteiger partial charge < -0.3 is 28.8 Å². The zero-order valence-electron chi connectivity index (χ0n) is 21.6. The summed E-state index contributed by atoms with van der Waals surface area (Å²) >= 11 is 6.45. The predicted molar refractivity (Wildman–Crippen MR) is 147 cm³/mol. The average molecular weight is 547 g/mol. The van der Waals surface area contributed by atoms with Crippen molar-refractivity contribution in [1.29, 1.82) is 0 Å². The molecule has 200 valence electrons. The van der Waals surface area contributed by atoms with Gasteiger partial charge in [0.1, 0.15) is 12.2 Å². The third kappa shape index (κ3) is 5.21. The first-order chi connectivity index (χ1) is 18.9. The van der Waals surface area contributed by atoms with Crippen molar-refractivity contribution >= 4 is 29.2 Å². The van der Waals surface area contributed by atoms with Gasteiger partial charge in [-0.05, 0) is 54.6 Å². The number of nitrogens with zero attached hydrogens (tertiary/aromatic N) is 1. The van der Waals surface area contributed by atoms with Gasteiger partial charge >= 0.3 is 5.97 Å². The Kier molecular flexibility index (Phi) is 7.58. The normalized spacial score (nSPS) is 15.9. The molecule has 0 fully saturated rings. The fourth-order valence-corrected chi connectivity index (χ4v) is 5.05. The number of para-hydroxylation sites is 1. The topological polar surface area (TPSA) is 88.0 Å². The van der Waals surface area contributed by atoms with Crippen LogP contribution in [0, 0.1) is 0 Å². The van der Waals surface area contributed by atoms with E-state index in [1.54, 1.807) is 38.5 Å². The van der Waals surface area contributed by atoms with E-state index < -0.39 is 18.2 Å². The maximum absolute atomic E-state index is 13.3. The van der Waals surface area contributed by atoms with Crippen LogP contribution in [0.2, 0.25) is 5.02 Å². The molecule has 2 atom stereocenters. The van der Waals surface area contributed by atoms with E-state index in [9.17, 15) is 9.59 Å². The van der Waals surface area contributed by atoms with Gasteiger partial charge in [0, 0.05) is 28.0 Å². The Morgan fingerprint density at radius 1 is 0.949 bits per heavy atom. The number of carbonyl (C=O) groups is 2. The van der Waals surface area contributed by atoms with E-state index in [0.29, 0.717) is 27.8 Å². The molecule has 9 heteroatoms. The molecule has 4 aromatic rings. The zero-order chi connectivity index (χ0) is 27.5. The van der Waals surface area contributed by atoms with Crippen LogP contribution in [0.15, 0.2) is 79.0 Å². The van der Waals surface area contributed by atoms with Gasteiger partial charge in [0.05, 0.1) is 44.7 Å². The molecule has 2 heterocycles. The predicted octanol–water partition coefficient (Wildman–Crippen LogP) is 6.12. The standard InChI is InChI=1S/C30H27ClN2O6/c1-36-25-11-5-9-21(29(25)37-2)28-22-16-19(31)12-13-23(22)33-14-6-10-24(33)26(39-28)17-27(34)32-20-8-4-7-18(15-20)30(35)38-3/h4-16,26,28H,17H2,1-3H3,(H,32,34)/t26-,28-/m0/s1. The fourth-order valence-electron chi connectivity index (χ4n) is 4.87. The zero-order valence-corrected chi connectivity index (χ0v) is 22.4. The largest absolute Gasteiger partial charge is 0.493 e. The third-order valence-electron chi connectivity index (χ3n) is 6.60. The van der Waals surface area contributed by atoms with Crippen molar-refractivity contribution in [3.05, 3.63) is 106 Å². The minimum absolute atomic E-state index is 0.0109. The Morgan fingerprint density at radius 3 is 2.54 bits per heavy atom. The number of nitrogens with one attached hydrogen (secondary N) is 1. The Bertz CT molecular complexity index is 1530. The highest BCUT2D eigenvalue weighted by atomic mass is 35.5. The van der Waals surface area contributed by atoms with Crippen LogP contribution in [0.4, 0.5) is 5.69 Å². The number of esters is 1. The summed E-state index contributed by atoms with van der Waals surface area (Å²) in [6.07, 6.45) is 0.693. The molecule has 39 heavy (non-hydrogen) atoms. The summed E-state index contributed by atoms with van der Waals surface area (Å²) < 4.78 is 24.8. The first-order valence-corrected chi connectivity index (χ1v) is 12.6. The Labute approximate surface area is 231 Å². The quantitative estimate of drug-likeness (QED) is 0.281. The molecule has 0 saturated carbocycles. The van der Waals surface area contributed by atoms with Crippen LogP contribution in [0.1, 0.15) is 45.8 Å². The van der Waals surface area contributed by atoms with Crippen LogP contribution in [0.3, 0.4) is 0 Å². The number of hydrogen-bond donors (Lipinski definition) is 1. The molecule has 1 amide bonds. The van der Waals surface area contributed by atoms with Gasteiger partial charge in [-0.1, -0.05) is 29.8 Å². The number of anilines is 1. The Hall–Kier alpha value is -4.27. The molecular weight excluding hydrogens is 520 g/mol. The summed E-state index contributed by atoms with van der Waals surface area (Å²) in [6, 6.07) is 21.6. The smallest absolute Gasteiger partial charge is 0.337 e. The van der Waals surface area contributed by atoms with Crippen LogP contribution in [-0.2, 0) is 14.3 Å². The molecule has 5 rings (SSSR count). The summed E-state index contributed by atoms with van der Waals surface area (Å²) in [5.74, 6) is 0.328. The molecule has 0 aliphatic carbocycles. The van der Waals surface area contributed by atoms with Crippen molar-refractivity contribution < 1.29 is 28.5 Å². The first kappa shape index (κ1) is 26.3. The fraction of sp³-hybridized carbons (Fsp3) is 0.200. The minimum atomic E-state index is -0.629. The average Bonchev–Trinajstić information content (AvgIpc) is 3.40. The van der Waals surface area contributed by atoms with E-state index in [-0.39, 0.29) is 12.3 Å². The Balaban J connectivity index is 1.53. The van der Waals surface area contributed by atoms with E-state index in [0.717, 1.165) is 22.5 Å². The van der Waals surface area contributed by atoms with E-state index in [4.69, 9.17) is 30.5 Å². The van der Waals surface area contributed by atoms with Crippen molar-refractivity contribution in [3.63, 3.8) is 0 Å². The number of benzene rings is 3.